The number of esters is 1. The summed E-state index contributed by atoms with van der Waals surface area (Å²) in [6.45, 7) is 1.63. The van der Waals surface area contributed by atoms with Gasteiger partial charge in [-0.15, -0.1) is 11.8 Å². The Morgan fingerprint density at radius 1 is 0.850 bits per heavy atom. The van der Waals surface area contributed by atoms with Gasteiger partial charge in [-0.2, -0.15) is 0 Å². The number of hydrogen-bond acceptors (Lipinski definition) is 7. The number of hydrogen-bond donors (Lipinski definition) is 3. The van der Waals surface area contributed by atoms with Crippen LogP contribution in [0.1, 0.15) is 57.4 Å². The molecule has 0 spiro atoms. The number of amides is 3. The number of benzene rings is 2. The van der Waals surface area contributed by atoms with Crippen molar-refractivity contribution in [2.45, 2.75) is 69.7 Å². The molecule has 0 saturated heterocycles. The Bertz CT molecular complexity index is 1100. The third-order valence-corrected chi connectivity index (χ3v) is 7.40. The fraction of sp³-hybridized carbons (Fsp3) is 0.433. The summed E-state index contributed by atoms with van der Waals surface area (Å²) in [5.41, 5.74) is 1.68. The van der Waals surface area contributed by atoms with Gasteiger partial charge < -0.3 is 20.7 Å². The third kappa shape index (κ3) is 13.4. The van der Waals surface area contributed by atoms with Crippen molar-refractivity contribution in [2.75, 3.05) is 18.2 Å². The van der Waals surface area contributed by atoms with Crippen LogP contribution in [0.15, 0.2) is 60.7 Å². The van der Waals surface area contributed by atoms with Crippen LogP contribution in [-0.4, -0.2) is 53.6 Å². The van der Waals surface area contributed by atoms with Crippen molar-refractivity contribution in [1.29, 1.82) is 0 Å². The Balaban J connectivity index is 1.80. The molecule has 2 aromatic rings. The second kappa shape index (κ2) is 18.6. The van der Waals surface area contributed by atoms with Gasteiger partial charge in [-0.05, 0) is 30.5 Å². The normalized spacial score (nSPS) is 12.1. The highest BCUT2D eigenvalue weighted by Crippen LogP contribution is 2.21. The summed E-state index contributed by atoms with van der Waals surface area (Å²) in [5, 5.41) is 7.61. The lowest BCUT2D eigenvalue weighted by molar-refractivity contribution is -0.141. The first-order valence-electron chi connectivity index (χ1n) is 13.4. The first-order valence-corrected chi connectivity index (χ1v) is 14.5. The number of Topliss-reactive ketones (excluding diaryl/α,β-unsaturated/α-hetero) is 1. The van der Waals surface area contributed by atoms with E-state index in [1.54, 1.807) is 0 Å². The van der Waals surface area contributed by atoms with Gasteiger partial charge in [-0.3, -0.25) is 24.0 Å². The highest BCUT2D eigenvalue weighted by atomic mass is 32.2. The number of carbonyl (C=O) groups is 5. The number of carbonyl (C=O) groups excluding carboxylic acids is 5. The molecule has 0 radical (unpaired) electrons. The number of methoxy groups -OCH3 is 1. The summed E-state index contributed by atoms with van der Waals surface area (Å²) in [5.74, 6) is -1.27. The number of para-hydroxylation sites is 1. The molecule has 2 aromatic carbocycles. The van der Waals surface area contributed by atoms with Crippen molar-refractivity contribution < 1.29 is 28.7 Å². The Hall–Kier alpha value is -3.66. The van der Waals surface area contributed by atoms with Gasteiger partial charge in [0.2, 0.25) is 17.7 Å². The lowest BCUT2D eigenvalue weighted by atomic mass is 10.1. The molecule has 0 aliphatic carbocycles. The SMILES string of the molecule is COC(=O)CC(SC[C@H](NC(C)=O)C(=O)NCc1ccccc1)C(=O)CCCCCCC(=O)Nc1ccccc1. The van der Waals surface area contributed by atoms with Gasteiger partial charge in [-0.1, -0.05) is 61.4 Å². The molecule has 216 valence electrons. The molecule has 2 rings (SSSR count). The monoisotopic (exact) mass is 569 g/mol. The summed E-state index contributed by atoms with van der Waals surface area (Å²) in [7, 11) is 1.26. The Morgan fingerprint density at radius 2 is 1.48 bits per heavy atom. The van der Waals surface area contributed by atoms with Gasteiger partial charge in [-0.25, -0.2) is 0 Å². The molecular formula is C30H39N3O6S. The Kier molecular flexibility index (Phi) is 15.1. The van der Waals surface area contributed by atoms with Gasteiger partial charge in [0.25, 0.3) is 0 Å². The lowest BCUT2D eigenvalue weighted by Crippen LogP contribution is -2.47. The number of thioether (sulfide) groups is 1. The zero-order valence-corrected chi connectivity index (χ0v) is 24.0. The summed E-state index contributed by atoms with van der Waals surface area (Å²) in [6, 6.07) is 17.8. The lowest BCUT2D eigenvalue weighted by Gasteiger charge is -2.20. The highest BCUT2D eigenvalue weighted by Gasteiger charge is 2.27. The number of ether oxygens (including phenoxy) is 1. The molecule has 0 saturated carbocycles. The largest absolute Gasteiger partial charge is 0.469 e. The molecule has 9 nitrogen and oxygen atoms in total. The number of ketones is 1. The van der Waals surface area contributed by atoms with E-state index in [-0.39, 0.29) is 42.1 Å². The van der Waals surface area contributed by atoms with Gasteiger partial charge >= 0.3 is 5.97 Å². The maximum Gasteiger partial charge on any atom is 0.307 e. The maximum absolute atomic E-state index is 13.0. The zero-order chi connectivity index (χ0) is 29.2. The molecule has 1 unspecified atom stereocenters. The Morgan fingerprint density at radius 3 is 2.10 bits per heavy atom. The predicted octanol–water partition coefficient (Wildman–Crippen LogP) is 4.02. The predicted molar refractivity (Wildman–Crippen MR) is 157 cm³/mol. The van der Waals surface area contributed by atoms with Gasteiger partial charge in [0, 0.05) is 37.8 Å². The summed E-state index contributed by atoms with van der Waals surface area (Å²) in [4.78, 5) is 61.5. The molecule has 0 bridgehead atoms. The smallest absolute Gasteiger partial charge is 0.307 e. The van der Waals surface area contributed by atoms with Gasteiger partial charge in [0.15, 0.2) is 0 Å². The van der Waals surface area contributed by atoms with E-state index in [9.17, 15) is 24.0 Å². The second-order valence-corrected chi connectivity index (χ2v) is 10.6. The van der Waals surface area contributed by atoms with Gasteiger partial charge in [0.1, 0.15) is 11.8 Å². The molecule has 0 aliphatic heterocycles. The molecule has 0 aliphatic rings. The van der Waals surface area contributed by atoms with Gasteiger partial charge in [0.05, 0.1) is 18.8 Å². The van der Waals surface area contributed by atoms with E-state index >= 15 is 0 Å². The first-order chi connectivity index (χ1) is 19.3. The zero-order valence-electron chi connectivity index (χ0n) is 23.1. The molecule has 40 heavy (non-hydrogen) atoms. The van der Waals surface area contributed by atoms with Crippen LogP contribution in [0.25, 0.3) is 0 Å². The van der Waals surface area contributed by atoms with E-state index in [1.165, 1.54) is 25.8 Å². The number of unbranched alkanes of at least 4 members (excludes halogenated alkanes) is 3. The average molecular weight is 570 g/mol. The molecular weight excluding hydrogens is 530 g/mol. The van der Waals surface area contributed by atoms with Crippen LogP contribution in [0, 0.1) is 0 Å². The van der Waals surface area contributed by atoms with Crippen molar-refractivity contribution in [3.05, 3.63) is 66.2 Å². The molecule has 2 atom stereocenters. The number of anilines is 1. The fourth-order valence-electron chi connectivity index (χ4n) is 3.89. The van der Waals surface area contributed by atoms with Crippen LogP contribution in [-0.2, 0) is 35.3 Å². The van der Waals surface area contributed by atoms with Crippen LogP contribution in [0.3, 0.4) is 0 Å². The van der Waals surface area contributed by atoms with Crippen LogP contribution >= 0.6 is 11.8 Å². The van der Waals surface area contributed by atoms with E-state index in [0.29, 0.717) is 25.8 Å². The standard InChI is InChI=1S/C30H39N3O6S/c1-22(34)32-25(30(38)31-20-23-13-7-5-8-14-23)21-40-27(19-29(37)39-2)26(35)17-11-3-4-12-18-28(36)33-24-15-9-6-10-16-24/h5-10,13-16,25,27H,3-4,11-12,17-21H2,1-2H3,(H,31,38)(H,32,34)(H,33,36)/t25-,27?/m0/s1. The molecule has 3 N–H and O–H groups in total. The van der Waals surface area contributed by atoms with E-state index < -0.39 is 17.3 Å². The van der Waals surface area contributed by atoms with Crippen molar-refractivity contribution >= 4 is 46.9 Å². The van der Waals surface area contributed by atoms with Crippen LogP contribution in [0.5, 0.6) is 0 Å². The summed E-state index contributed by atoms with van der Waals surface area (Å²) < 4.78 is 4.77. The Labute approximate surface area is 240 Å². The molecule has 0 aromatic heterocycles. The minimum Gasteiger partial charge on any atom is -0.469 e. The molecule has 10 heteroatoms. The maximum atomic E-state index is 13.0. The third-order valence-electron chi connectivity index (χ3n) is 6.04. The summed E-state index contributed by atoms with van der Waals surface area (Å²) >= 11 is 1.17. The topological polar surface area (TPSA) is 131 Å². The minimum absolute atomic E-state index is 0.0432. The highest BCUT2D eigenvalue weighted by molar-refractivity contribution is 8.00. The van der Waals surface area contributed by atoms with E-state index in [2.05, 4.69) is 16.0 Å². The number of rotatable bonds is 18. The second-order valence-electron chi connectivity index (χ2n) is 9.35. The average Bonchev–Trinajstić information content (AvgIpc) is 2.95. The van der Waals surface area contributed by atoms with Crippen molar-refractivity contribution in [3.63, 3.8) is 0 Å². The number of nitrogens with one attached hydrogen (secondary N) is 3. The van der Waals surface area contributed by atoms with Crippen LogP contribution in [0.2, 0.25) is 0 Å². The minimum atomic E-state index is -0.860. The van der Waals surface area contributed by atoms with Crippen LogP contribution < -0.4 is 16.0 Å². The van der Waals surface area contributed by atoms with Crippen molar-refractivity contribution in [1.82, 2.24) is 10.6 Å². The molecule has 0 fully saturated rings. The molecule has 0 heterocycles. The van der Waals surface area contributed by atoms with Crippen molar-refractivity contribution in [3.8, 4) is 0 Å². The van der Waals surface area contributed by atoms with Crippen LogP contribution in [0.4, 0.5) is 5.69 Å². The van der Waals surface area contributed by atoms with E-state index in [0.717, 1.165) is 24.1 Å². The van der Waals surface area contributed by atoms with Crippen molar-refractivity contribution in [2.24, 2.45) is 0 Å². The molecule has 3 amide bonds. The quantitative estimate of drug-likeness (QED) is 0.183. The summed E-state index contributed by atoms with van der Waals surface area (Å²) in [6.07, 6.45) is 3.48. The fourth-order valence-corrected chi connectivity index (χ4v) is 5.11. The van der Waals surface area contributed by atoms with E-state index in [1.807, 2.05) is 60.7 Å². The first kappa shape index (κ1) is 32.6. The van der Waals surface area contributed by atoms with E-state index in [4.69, 9.17) is 4.74 Å².